The van der Waals surface area contributed by atoms with Gasteiger partial charge in [-0.2, -0.15) is 0 Å². The lowest BCUT2D eigenvalue weighted by molar-refractivity contribution is -0.384. The summed E-state index contributed by atoms with van der Waals surface area (Å²) in [5.74, 6) is 1.27. The van der Waals surface area contributed by atoms with Gasteiger partial charge in [0.25, 0.3) is 5.69 Å². The van der Waals surface area contributed by atoms with Gasteiger partial charge in [0.05, 0.1) is 15.1 Å². The van der Waals surface area contributed by atoms with Gasteiger partial charge in [-0.3, -0.25) is 10.1 Å². The van der Waals surface area contributed by atoms with Gasteiger partial charge in [0.2, 0.25) is 0 Å². The summed E-state index contributed by atoms with van der Waals surface area (Å²) in [7, 11) is 1.79. The van der Waals surface area contributed by atoms with E-state index in [1.165, 1.54) is 12.1 Å². The van der Waals surface area contributed by atoms with E-state index in [9.17, 15) is 10.1 Å². The van der Waals surface area contributed by atoms with Gasteiger partial charge in [0, 0.05) is 24.7 Å². The Morgan fingerprint density at radius 1 is 1.29 bits per heavy atom. The molecule has 0 amide bonds. The fourth-order valence-corrected chi connectivity index (χ4v) is 2.50. The second-order valence-corrected chi connectivity index (χ2v) is 5.25. The number of aromatic nitrogens is 2. The molecule has 0 fully saturated rings. The zero-order chi connectivity index (χ0) is 15.4. The van der Waals surface area contributed by atoms with E-state index in [1.807, 2.05) is 0 Å². The van der Waals surface area contributed by atoms with Gasteiger partial charge in [0.1, 0.15) is 5.82 Å². The van der Waals surface area contributed by atoms with Crippen LogP contribution >= 0.6 is 15.9 Å². The molecular weight excluding hydrogens is 336 g/mol. The van der Waals surface area contributed by atoms with Crippen molar-refractivity contribution >= 4 is 27.4 Å². The summed E-state index contributed by atoms with van der Waals surface area (Å²) in [5, 5.41) is 13.7. The number of anilines is 1. The topological polar surface area (TPSA) is 81.0 Å². The molecule has 21 heavy (non-hydrogen) atoms. The van der Waals surface area contributed by atoms with Gasteiger partial charge in [0.15, 0.2) is 5.82 Å². The molecule has 0 saturated carbocycles. The normalized spacial score (nSPS) is 10.4. The van der Waals surface area contributed by atoms with Crippen LogP contribution in [-0.4, -0.2) is 21.9 Å². The van der Waals surface area contributed by atoms with Crippen LogP contribution in [0.15, 0.2) is 28.7 Å². The summed E-state index contributed by atoms with van der Waals surface area (Å²) in [6.07, 6.45) is 1.80. The molecule has 0 saturated heterocycles. The number of nitrogens with zero attached hydrogens (tertiary/aromatic N) is 3. The fourth-order valence-electron chi connectivity index (χ4n) is 1.92. The van der Waals surface area contributed by atoms with Crippen molar-refractivity contribution in [3.8, 4) is 11.4 Å². The van der Waals surface area contributed by atoms with Crippen molar-refractivity contribution in [2.24, 2.45) is 0 Å². The third kappa shape index (κ3) is 3.36. The molecule has 110 valence electrons. The SMILES string of the molecule is CCCc1nc(-c2ccc([N+](=O)[O-])cc2)nc(NC)c1Br. The van der Waals surface area contributed by atoms with Gasteiger partial charge in [-0.1, -0.05) is 13.3 Å². The van der Waals surface area contributed by atoms with Crippen LogP contribution in [-0.2, 0) is 6.42 Å². The number of non-ortho nitro benzene ring substituents is 1. The molecule has 1 aromatic carbocycles. The molecule has 0 bridgehead atoms. The van der Waals surface area contributed by atoms with E-state index in [2.05, 4.69) is 38.1 Å². The van der Waals surface area contributed by atoms with Gasteiger partial charge in [-0.15, -0.1) is 0 Å². The predicted molar refractivity (Wildman–Crippen MR) is 85.4 cm³/mol. The van der Waals surface area contributed by atoms with E-state index < -0.39 is 4.92 Å². The smallest absolute Gasteiger partial charge is 0.269 e. The summed E-state index contributed by atoms with van der Waals surface area (Å²) < 4.78 is 0.859. The van der Waals surface area contributed by atoms with Crippen molar-refractivity contribution in [3.63, 3.8) is 0 Å². The number of halogens is 1. The van der Waals surface area contributed by atoms with E-state index in [1.54, 1.807) is 19.2 Å². The molecule has 0 aliphatic carbocycles. The highest BCUT2D eigenvalue weighted by atomic mass is 79.9. The van der Waals surface area contributed by atoms with Crippen LogP contribution in [0.25, 0.3) is 11.4 Å². The Balaban J connectivity index is 2.47. The summed E-state index contributed by atoms with van der Waals surface area (Å²) in [6.45, 7) is 2.08. The highest BCUT2D eigenvalue weighted by Gasteiger charge is 2.13. The third-order valence-corrected chi connectivity index (χ3v) is 3.81. The molecule has 2 aromatic rings. The number of nitro groups is 1. The van der Waals surface area contributed by atoms with Crippen LogP contribution in [0.4, 0.5) is 11.5 Å². The van der Waals surface area contributed by atoms with Gasteiger partial charge >= 0.3 is 0 Å². The van der Waals surface area contributed by atoms with E-state index in [0.29, 0.717) is 11.6 Å². The lowest BCUT2D eigenvalue weighted by atomic mass is 10.1. The maximum atomic E-state index is 10.7. The number of nitrogens with one attached hydrogen (secondary N) is 1. The Hall–Kier alpha value is -2.02. The molecule has 0 aliphatic heterocycles. The first-order chi connectivity index (χ1) is 10.1. The molecule has 2 rings (SSSR count). The molecule has 1 aromatic heterocycles. The molecule has 0 atom stereocenters. The monoisotopic (exact) mass is 350 g/mol. The van der Waals surface area contributed by atoms with E-state index in [-0.39, 0.29) is 5.69 Å². The average Bonchev–Trinajstić information content (AvgIpc) is 2.49. The van der Waals surface area contributed by atoms with Crippen molar-refractivity contribution in [2.75, 3.05) is 12.4 Å². The van der Waals surface area contributed by atoms with Crippen LogP contribution in [0.2, 0.25) is 0 Å². The van der Waals surface area contributed by atoms with Gasteiger partial charge in [-0.05, 0) is 34.5 Å². The molecule has 0 aliphatic rings. The Bertz CT molecular complexity index is 659. The molecule has 1 heterocycles. The summed E-state index contributed by atoms with van der Waals surface area (Å²) in [5.41, 5.74) is 1.73. The minimum Gasteiger partial charge on any atom is -0.372 e. The number of hydrogen-bond donors (Lipinski definition) is 1. The zero-order valence-electron chi connectivity index (χ0n) is 11.8. The van der Waals surface area contributed by atoms with Crippen LogP contribution in [0.1, 0.15) is 19.0 Å². The maximum absolute atomic E-state index is 10.7. The quantitative estimate of drug-likeness (QED) is 0.654. The van der Waals surface area contributed by atoms with Crippen LogP contribution in [0.5, 0.6) is 0 Å². The first-order valence-corrected chi connectivity index (χ1v) is 7.35. The largest absolute Gasteiger partial charge is 0.372 e. The number of hydrogen-bond acceptors (Lipinski definition) is 5. The van der Waals surface area contributed by atoms with Gasteiger partial charge in [-0.25, -0.2) is 9.97 Å². The summed E-state index contributed by atoms with van der Waals surface area (Å²) in [6, 6.07) is 6.24. The number of nitro benzene ring substituents is 1. The first kappa shape index (κ1) is 15.4. The van der Waals surface area contributed by atoms with Crippen molar-refractivity contribution in [2.45, 2.75) is 19.8 Å². The van der Waals surface area contributed by atoms with Crippen LogP contribution in [0.3, 0.4) is 0 Å². The lowest BCUT2D eigenvalue weighted by Crippen LogP contribution is -2.03. The third-order valence-electron chi connectivity index (χ3n) is 2.98. The second-order valence-electron chi connectivity index (χ2n) is 4.46. The van der Waals surface area contributed by atoms with E-state index in [0.717, 1.165) is 28.6 Å². The summed E-state index contributed by atoms with van der Waals surface area (Å²) in [4.78, 5) is 19.3. The number of aryl methyl sites for hydroxylation is 1. The maximum Gasteiger partial charge on any atom is 0.269 e. The van der Waals surface area contributed by atoms with Crippen LogP contribution < -0.4 is 5.32 Å². The highest BCUT2D eigenvalue weighted by molar-refractivity contribution is 9.10. The zero-order valence-corrected chi connectivity index (χ0v) is 13.3. The molecule has 7 heteroatoms. The molecule has 6 nitrogen and oxygen atoms in total. The second kappa shape index (κ2) is 6.62. The van der Waals surface area contributed by atoms with Crippen molar-refractivity contribution in [3.05, 3.63) is 44.5 Å². The Labute approximate surface area is 130 Å². The fraction of sp³-hybridized carbons (Fsp3) is 0.286. The Kier molecular flexibility index (Phi) is 4.85. The standard InChI is InChI=1S/C14H15BrN4O2/c1-3-4-11-12(15)14(16-2)18-13(17-11)9-5-7-10(8-6-9)19(20)21/h5-8H,3-4H2,1-2H3,(H,16,17,18). The lowest BCUT2D eigenvalue weighted by Gasteiger charge is -2.10. The predicted octanol–water partition coefficient (Wildman–Crippen LogP) is 3.81. The van der Waals surface area contributed by atoms with E-state index in [4.69, 9.17) is 0 Å². The molecular formula is C14H15BrN4O2. The van der Waals surface area contributed by atoms with E-state index >= 15 is 0 Å². The average molecular weight is 351 g/mol. The molecule has 0 unspecified atom stereocenters. The minimum absolute atomic E-state index is 0.0542. The number of benzene rings is 1. The van der Waals surface area contributed by atoms with Crippen molar-refractivity contribution in [1.82, 2.24) is 9.97 Å². The van der Waals surface area contributed by atoms with Gasteiger partial charge < -0.3 is 5.32 Å². The first-order valence-electron chi connectivity index (χ1n) is 6.55. The van der Waals surface area contributed by atoms with Crippen molar-refractivity contribution in [1.29, 1.82) is 0 Å². The number of rotatable bonds is 5. The Morgan fingerprint density at radius 2 is 1.95 bits per heavy atom. The Morgan fingerprint density at radius 3 is 2.48 bits per heavy atom. The summed E-state index contributed by atoms with van der Waals surface area (Å²) >= 11 is 3.50. The van der Waals surface area contributed by atoms with Crippen LogP contribution in [0, 0.1) is 10.1 Å². The minimum atomic E-state index is -0.423. The highest BCUT2D eigenvalue weighted by Crippen LogP contribution is 2.28. The molecule has 0 radical (unpaired) electrons. The molecule has 1 N–H and O–H groups in total. The van der Waals surface area contributed by atoms with Crippen molar-refractivity contribution < 1.29 is 4.92 Å². The molecule has 0 spiro atoms.